The molecule has 2 N–H and O–H groups in total. The maximum atomic E-state index is 11.7. The molecular formula is C13H24N2O2. The molecule has 0 aromatic carbocycles. The van der Waals surface area contributed by atoms with E-state index in [1.165, 1.54) is 12.8 Å². The molecule has 0 bridgehead atoms. The van der Waals surface area contributed by atoms with Crippen LogP contribution in [0.25, 0.3) is 0 Å². The Hall–Kier alpha value is -0.610. The van der Waals surface area contributed by atoms with Crippen LogP contribution in [0.15, 0.2) is 0 Å². The highest BCUT2D eigenvalue weighted by Gasteiger charge is 2.22. The first-order chi connectivity index (χ1) is 8.25. The van der Waals surface area contributed by atoms with Crippen LogP contribution in [0.5, 0.6) is 0 Å². The fourth-order valence-electron chi connectivity index (χ4n) is 2.86. The first-order valence-corrected chi connectivity index (χ1v) is 6.94. The van der Waals surface area contributed by atoms with E-state index in [1.807, 2.05) is 0 Å². The lowest BCUT2D eigenvalue weighted by Gasteiger charge is -2.15. The summed E-state index contributed by atoms with van der Waals surface area (Å²) in [5, 5.41) is 12.4. The third kappa shape index (κ3) is 3.96. The van der Waals surface area contributed by atoms with Crippen molar-refractivity contribution in [1.82, 2.24) is 10.2 Å². The van der Waals surface area contributed by atoms with Crippen LogP contribution in [0, 0.1) is 5.92 Å². The van der Waals surface area contributed by atoms with Gasteiger partial charge in [0.15, 0.2) is 0 Å². The summed E-state index contributed by atoms with van der Waals surface area (Å²) in [5.41, 5.74) is 0. The predicted octanol–water partition coefficient (Wildman–Crippen LogP) is 0.749. The molecule has 2 aliphatic rings. The quantitative estimate of drug-likeness (QED) is 0.697. The second kappa shape index (κ2) is 6.36. The number of amides is 1. The van der Waals surface area contributed by atoms with Gasteiger partial charge in [-0.25, -0.2) is 0 Å². The fraction of sp³-hybridized carbons (Fsp3) is 0.923. The summed E-state index contributed by atoms with van der Waals surface area (Å²) < 4.78 is 0. The zero-order valence-electron chi connectivity index (χ0n) is 10.5. The van der Waals surface area contributed by atoms with Gasteiger partial charge in [-0.05, 0) is 32.2 Å². The van der Waals surface area contributed by atoms with E-state index < -0.39 is 0 Å². The van der Waals surface area contributed by atoms with E-state index in [4.69, 9.17) is 0 Å². The zero-order chi connectivity index (χ0) is 12.1. The Morgan fingerprint density at radius 1 is 1.29 bits per heavy atom. The van der Waals surface area contributed by atoms with E-state index in [2.05, 4.69) is 10.2 Å². The van der Waals surface area contributed by atoms with Crippen molar-refractivity contribution in [3.05, 3.63) is 0 Å². The van der Waals surface area contributed by atoms with Gasteiger partial charge in [0.05, 0.1) is 6.10 Å². The molecule has 1 heterocycles. The highest BCUT2D eigenvalue weighted by molar-refractivity contribution is 5.78. The second-order valence-corrected chi connectivity index (χ2v) is 5.37. The number of nitrogens with one attached hydrogen (secondary N) is 1. The lowest BCUT2D eigenvalue weighted by Crippen LogP contribution is -2.32. The lowest BCUT2D eigenvalue weighted by molar-refractivity contribution is -0.124. The molecule has 1 atom stereocenters. The van der Waals surface area contributed by atoms with Crippen molar-refractivity contribution in [2.24, 2.45) is 5.92 Å². The number of carbonyl (C=O) groups excluding carboxylic acids is 1. The van der Waals surface area contributed by atoms with Gasteiger partial charge < -0.3 is 15.3 Å². The highest BCUT2D eigenvalue weighted by atomic mass is 16.3. The van der Waals surface area contributed by atoms with E-state index in [0.717, 1.165) is 51.9 Å². The Morgan fingerprint density at radius 3 is 2.71 bits per heavy atom. The maximum absolute atomic E-state index is 11.7. The van der Waals surface area contributed by atoms with Gasteiger partial charge in [0.25, 0.3) is 0 Å². The van der Waals surface area contributed by atoms with E-state index >= 15 is 0 Å². The van der Waals surface area contributed by atoms with E-state index in [0.29, 0.717) is 0 Å². The van der Waals surface area contributed by atoms with Gasteiger partial charge >= 0.3 is 0 Å². The van der Waals surface area contributed by atoms with Gasteiger partial charge in [-0.15, -0.1) is 0 Å². The second-order valence-electron chi connectivity index (χ2n) is 5.37. The van der Waals surface area contributed by atoms with Crippen molar-refractivity contribution in [2.75, 3.05) is 26.2 Å². The topological polar surface area (TPSA) is 52.6 Å². The Labute approximate surface area is 103 Å². The van der Waals surface area contributed by atoms with Crippen molar-refractivity contribution < 1.29 is 9.90 Å². The Bertz CT molecular complexity index is 252. The predicted molar refractivity (Wildman–Crippen MR) is 66.6 cm³/mol. The van der Waals surface area contributed by atoms with Crippen LogP contribution in [0.1, 0.15) is 38.5 Å². The Morgan fingerprint density at radius 2 is 2.06 bits per heavy atom. The van der Waals surface area contributed by atoms with Crippen molar-refractivity contribution in [3.8, 4) is 0 Å². The molecule has 98 valence electrons. The van der Waals surface area contributed by atoms with Crippen LogP contribution in [0.2, 0.25) is 0 Å². The smallest absolute Gasteiger partial charge is 0.223 e. The highest BCUT2D eigenvalue weighted by Crippen LogP contribution is 2.24. The average molecular weight is 240 g/mol. The summed E-state index contributed by atoms with van der Waals surface area (Å²) in [5.74, 6) is 0.535. The van der Waals surface area contributed by atoms with Crippen LogP contribution >= 0.6 is 0 Å². The summed E-state index contributed by atoms with van der Waals surface area (Å²) in [7, 11) is 0. The number of aliphatic hydroxyl groups is 1. The molecule has 2 fully saturated rings. The third-order valence-corrected chi connectivity index (χ3v) is 3.92. The molecule has 1 unspecified atom stereocenters. The van der Waals surface area contributed by atoms with Gasteiger partial charge in [0.2, 0.25) is 5.91 Å². The van der Waals surface area contributed by atoms with Crippen LogP contribution in [0.3, 0.4) is 0 Å². The van der Waals surface area contributed by atoms with Gasteiger partial charge in [-0.3, -0.25) is 4.79 Å². The van der Waals surface area contributed by atoms with Crippen molar-refractivity contribution in [3.63, 3.8) is 0 Å². The zero-order valence-corrected chi connectivity index (χ0v) is 10.5. The van der Waals surface area contributed by atoms with Crippen molar-refractivity contribution in [2.45, 2.75) is 44.6 Å². The van der Waals surface area contributed by atoms with E-state index in [1.54, 1.807) is 0 Å². The van der Waals surface area contributed by atoms with Crippen molar-refractivity contribution in [1.29, 1.82) is 0 Å². The number of β-amino-alcohol motifs (C(OH)–C–C–N with tert-alkyl or cyclic N) is 1. The molecule has 4 nitrogen and oxygen atoms in total. The van der Waals surface area contributed by atoms with Gasteiger partial charge in [0.1, 0.15) is 0 Å². The van der Waals surface area contributed by atoms with Crippen LogP contribution in [-0.2, 0) is 4.79 Å². The number of rotatable bonds is 5. The molecule has 1 saturated heterocycles. The minimum atomic E-state index is -0.136. The minimum Gasteiger partial charge on any atom is -0.392 e. The normalized spacial score (nSPS) is 26.5. The van der Waals surface area contributed by atoms with Crippen LogP contribution in [0.4, 0.5) is 0 Å². The number of aliphatic hydroxyl groups excluding tert-OH is 1. The summed E-state index contributed by atoms with van der Waals surface area (Å²) in [6.45, 7) is 3.57. The molecule has 0 aromatic rings. The first-order valence-electron chi connectivity index (χ1n) is 6.94. The van der Waals surface area contributed by atoms with Gasteiger partial charge in [-0.2, -0.15) is 0 Å². The van der Waals surface area contributed by atoms with E-state index in [-0.39, 0.29) is 17.9 Å². The molecule has 0 spiro atoms. The molecule has 0 aromatic heterocycles. The van der Waals surface area contributed by atoms with Crippen LogP contribution < -0.4 is 5.32 Å². The molecule has 0 radical (unpaired) electrons. The third-order valence-electron chi connectivity index (χ3n) is 3.92. The minimum absolute atomic E-state index is 0.136. The SMILES string of the molecule is O=C(NCCCN1CCC(O)C1)C1CCCC1. The molecule has 1 aliphatic heterocycles. The number of hydrogen-bond donors (Lipinski definition) is 2. The molecular weight excluding hydrogens is 216 g/mol. The number of hydrogen-bond acceptors (Lipinski definition) is 3. The van der Waals surface area contributed by atoms with Crippen LogP contribution in [-0.4, -0.2) is 48.2 Å². The lowest BCUT2D eigenvalue weighted by atomic mass is 10.1. The summed E-state index contributed by atoms with van der Waals surface area (Å²) >= 11 is 0. The Balaban J connectivity index is 1.52. The standard InChI is InChI=1S/C13H24N2O2/c16-12-6-9-15(10-12)8-3-7-14-13(17)11-4-1-2-5-11/h11-12,16H,1-10H2,(H,14,17). The number of likely N-dealkylation sites (tertiary alicyclic amines) is 1. The molecule has 4 heteroatoms. The van der Waals surface area contributed by atoms with Gasteiger partial charge in [0, 0.05) is 25.6 Å². The molecule has 1 aliphatic carbocycles. The summed E-state index contributed by atoms with van der Waals surface area (Å²) in [4.78, 5) is 14.0. The fourth-order valence-corrected chi connectivity index (χ4v) is 2.86. The maximum Gasteiger partial charge on any atom is 0.223 e. The monoisotopic (exact) mass is 240 g/mol. The molecule has 1 amide bonds. The van der Waals surface area contributed by atoms with Crippen molar-refractivity contribution >= 4 is 5.91 Å². The molecule has 2 rings (SSSR count). The largest absolute Gasteiger partial charge is 0.392 e. The van der Waals surface area contributed by atoms with Gasteiger partial charge in [-0.1, -0.05) is 12.8 Å². The first kappa shape index (κ1) is 12.8. The summed E-state index contributed by atoms with van der Waals surface area (Å²) in [6.07, 6.45) is 6.32. The Kier molecular flexibility index (Phi) is 4.80. The average Bonchev–Trinajstić information content (AvgIpc) is 2.95. The summed E-state index contributed by atoms with van der Waals surface area (Å²) in [6, 6.07) is 0. The number of nitrogens with zero attached hydrogens (tertiary/aromatic N) is 1. The number of carbonyl (C=O) groups is 1. The molecule has 1 saturated carbocycles. The van der Waals surface area contributed by atoms with E-state index in [9.17, 15) is 9.90 Å². The molecule has 17 heavy (non-hydrogen) atoms.